The van der Waals surface area contributed by atoms with Crippen LogP contribution in [-0.4, -0.2) is 43.4 Å². The fourth-order valence-corrected chi connectivity index (χ4v) is 3.94. The van der Waals surface area contributed by atoms with Gasteiger partial charge in [0.25, 0.3) is 7.11 Å². The molecule has 2 aliphatic rings. The first kappa shape index (κ1) is 34.2. The minimum absolute atomic E-state index is 0.813. The number of ether oxygens (including phenoxy) is 3. The molecule has 219 valence electrons. The Bertz CT molecular complexity index is 1420. The van der Waals surface area contributed by atoms with Gasteiger partial charge in [-0.25, -0.2) is 0 Å². The first-order valence-electron chi connectivity index (χ1n) is 12.0. The van der Waals surface area contributed by atoms with E-state index < -0.39 is 9.14 Å². The summed E-state index contributed by atoms with van der Waals surface area (Å²) >= 11 is 0. The molecule has 0 atom stereocenters. The van der Waals surface area contributed by atoms with E-state index in [0.717, 1.165) is 56.8 Å². The van der Waals surface area contributed by atoms with Gasteiger partial charge in [-0.3, -0.25) is 4.42 Å². The molecule has 0 N–H and O–H groups in total. The van der Waals surface area contributed by atoms with Crippen LogP contribution in [-0.2, 0) is 9.16 Å². The predicted octanol–water partition coefficient (Wildman–Crippen LogP) is 9.83. The van der Waals surface area contributed by atoms with Gasteiger partial charge < -0.3 is 14.2 Å². The third-order valence-corrected chi connectivity index (χ3v) is 5.76. The zero-order valence-corrected chi connectivity index (χ0v) is 29.7. The number of allylic oxidation sites excluding steroid dienone is 10. The summed E-state index contributed by atoms with van der Waals surface area (Å²) in [6, 6.07) is 16.3. The second-order valence-corrected chi connectivity index (χ2v) is 65.5. The summed E-state index contributed by atoms with van der Waals surface area (Å²) in [6.45, 7) is 0. The molecular formula is C30H28Cl6O4Sb. The van der Waals surface area contributed by atoms with Gasteiger partial charge in [0.2, 0.25) is 0 Å². The van der Waals surface area contributed by atoms with Crippen molar-refractivity contribution >= 4 is 79.0 Å². The molecule has 1 radical (unpaired) electrons. The van der Waals surface area contributed by atoms with Crippen molar-refractivity contribution in [3.63, 3.8) is 0 Å². The van der Waals surface area contributed by atoms with Crippen LogP contribution in [0.3, 0.4) is 0 Å². The van der Waals surface area contributed by atoms with E-state index in [0.29, 0.717) is 0 Å². The normalized spacial score (nSPS) is 16.4. The van der Waals surface area contributed by atoms with Gasteiger partial charge in [-0.1, -0.05) is 36.4 Å². The van der Waals surface area contributed by atoms with Gasteiger partial charge in [0.05, 0.1) is 14.2 Å². The van der Waals surface area contributed by atoms with E-state index in [1.54, 1.807) is 28.4 Å². The van der Waals surface area contributed by atoms with Gasteiger partial charge in [0.15, 0.2) is 0 Å². The fourth-order valence-electron chi connectivity index (χ4n) is 3.94. The van der Waals surface area contributed by atoms with Gasteiger partial charge in [-0.2, -0.15) is 0 Å². The van der Waals surface area contributed by atoms with Crippen LogP contribution in [0.5, 0.6) is 11.5 Å². The Morgan fingerprint density at radius 1 is 0.537 bits per heavy atom. The summed E-state index contributed by atoms with van der Waals surface area (Å²) in [5, 5.41) is 0. The molecule has 4 nitrogen and oxygen atoms in total. The van der Waals surface area contributed by atoms with E-state index in [1.165, 1.54) is 0 Å². The molecule has 2 aromatic carbocycles. The third-order valence-electron chi connectivity index (χ3n) is 5.76. The van der Waals surface area contributed by atoms with Gasteiger partial charge in [-0.15, -0.1) is 0 Å². The van der Waals surface area contributed by atoms with Gasteiger partial charge in [0, 0.05) is 19.3 Å². The van der Waals surface area contributed by atoms with E-state index in [4.69, 9.17) is 71.6 Å². The topological polar surface area (TPSA) is 39.0 Å². The molecule has 0 heterocycles. The Hall–Kier alpha value is -1.33. The molecule has 2 aromatic rings. The number of benzene rings is 2. The zero-order chi connectivity index (χ0) is 30.3. The Balaban J connectivity index is 0.000000587. The number of halogens is 6. The first-order chi connectivity index (χ1) is 19.1. The van der Waals surface area contributed by atoms with Gasteiger partial charge in [0.1, 0.15) is 17.6 Å². The Labute approximate surface area is 260 Å². The molecule has 0 bridgehead atoms. The molecule has 0 spiro atoms. The van der Waals surface area contributed by atoms with Crippen LogP contribution >= 0.6 is 53.0 Å². The molecule has 0 aromatic heterocycles. The molecule has 4 rings (SSSR count). The monoisotopic (exact) mass is 783 g/mol. The van der Waals surface area contributed by atoms with Crippen molar-refractivity contribution in [1.82, 2.24) is 0 Å². The number of methoxy groups -OCH3 is 3. The van der Waals surface area contributed by atoms with Crippen molar-refractivity contribution in [2.75, 3.05) is 28.4 Å². The second-order valence-electron chi connectivity index (χ2n) is 8.62. The Morgan fingerprint density at radius 3 is 1.17 bits per heavy atom. The van der Waals surface area contributed by atoms with E-state index in [9.17, 15) is 0 Å². The van der Waals surface area contributed by atoms with Crippen LogP contribution in [0, 0.1) is 6.10 Å². The first-order valence-corrected chi connectivity index (χ1v) is 31.4. The van der Waals surface area contributed by atoms with Crippen LogP contribution in [0.1, 0.15) is 11.1 Å². The van der Waals surface area contributed by atoms with Crippen LogP contribution in [0.4, 0.5) is 0 Å². The predicted molar refractivity (Wildman–Crippen MR) is 178 cm³/mol. The summed E-state index contributed by atoms with van der Waals surface area (Å²) in [6.07, 6.45) is 17.1. The molecule has 0 amide bonds. The number of ketones is 1. The van der Waals surface area contributed by atoms with Gasteiger partial charge >= 0.3 is 67.9 Å². The van der Waals surface area contributed by atoms with Crippen molar-refractivity contribution in [3.8, 4) is 11.5 Å². The summed E-state index contributed by atoms with van der Waals surface area (Å²) in [4.78, 5) is 0. The fraction of sp³-hybridized carbons (Fsp3) is 0.133. The van der Waals surface area contributed by atoms with Crippen molar-refractivity contribution in [2.45, 2.75) is 0 Å². The van der Waals surface area contributed by atoms with E-state index in [2.05, 4.69) is 48.6 Å². The molecule has 0 saturated heterocycles. The van der Waals surface area contributed by atoms with E-state index in [1.807, 2.05) is 48.6 Å². The van der Waals surface area contributed by atoms with Crippen molar-refractivity contribution in [3.05, 3.63) is 126 Å². The number of hydrogen-bond acceptors (Lipinski definition) is 3. The molecule has 0 aliphatic heterocycles. The van der Waals surface area contributed by atoms with Crippen LogP contribution < -0.4 is 9.47 Å². The second kappa shape index (κ2) is 13.5. The van der Waals surface area contributed by atoms with Crippen LogP contribution in [0.25, 0.3) is 11.1 Å². The number of rotatable bonds is 6. The minimum atomic E-state index is -5.42. The molecule has 0 saturated carbocycles. The standard InChI is InChI=1S/C30H28O4.6ClH.Sb/c1-31-25-13-5-21(6-14-25)29(22-7-15-26(32-2)16-8-22)30(23-9-17-27(33-3)18-10-23)24-11-19-28(34-4)20-12-24;;;;;;;/h5-20H,1-4H3;6*1H;/q+1;;;;;;;+5/p-6. The zero-order valence-electron chi connectivity index (χ0n) is 22.6. The van der Waals surface area contributed by atoms with Crippen molar-refractivity contribution in [2.24, 2.45) is 0 Å². The SMILES string of the molecule is CO[C]1C=CC(=C(C(=C2C=CC(=[O+]C)C=C2)c2ccc(OC)cc2)c2ccc(OC)cc2)C=C1.[Cl][Sb-]([Cl])([Cl])([Cl])([Cl])[Cl]. The molecule has 0 unspecified atom stereocenters. The summed E-state index contributed by atoms with van der Waals surface area (Å²) in [7, 11) is 31.7. The maximum atomic E-state index is 5.41. The molecule has 11 heteroatoms. The van der Waals surface area contributed by atoms with Crippen molar-refractivity contribution < 1.29 is 18.6 Å². The van der Waals surface area contributed by atoms with Crippen molar-refractivity contribution in [1.29, 1.82) is 0 Å². The summed E-state index contributed by atoms with van der Waals surface area (Å²) in [5.74, 6) is 2.44. The average Bonchev–Trinajstić information content (AvgIpc) is 2.95. The average molecular weight is 787 g/mol. The van der Waals surface area contributed by atoms with E-state index >= 15 is 0 Å². The third kappa shape index (κ3) is 11.7. The number of hydrogen-bond donors (Lipinski definition) is 0. The maximum absolute atomic E-state index is 5.42. The molecule has 0 fully saturated rings. The van der Waals surface area contributed by atoms with E-state index in [-0.39, 0.29) is 0 Å². The Kier molecular flexibility index (Phi) is 11.3. The molecular weight excluding hydrogens is 759 g/mol. The summed E-state index contributed by atoms with van der Waals surface area (Å²) in [5.41, 5.74) is 6.50. The molecule has 41 heavy (non-hydrogen) atoms. The Morgan fingerprint density at radius 2 is 0.878 bits per heavy atom. The molecule has 2 aliphatic carbocycles. The van der Waals surface area contributed by atoms with Crippen LogP contribution in [0.15, 0.2) is 108 Å². The van der Waals surface area contributed by atoms with Gasteiger partial charge in [-0.05, 0) is 82.0 Å². The quantitative estimate of drug-likeness (QED) is 0.216. The summed E-state index contributed by atoms with van der Waals surface area (Å²) < 4.78 is 21.6. The van der Waals surface area contributed by atoms with Crippen LogP contribution in [0.2, 0.25) is 0 Å². The number of carbonyl (C=O) groups excluding carboxylic acids is 1.